The molecule has 3 aromatic rings. The minimum Gasteiger partial charge on any atom is -0.504 e. The van der Waals surface area contributed by atoms with Gasteiger partial charge in [0.2, 0.25) is 0 Å². The highest BCUT2D eigenvalue weighted by Gasteiger charge is 2.30. The van der Waals surface area contributed by atoms with Gasteiger partial charge in [-0.1, -0.05) is 0 Å². The van der Waals surface area contributed by atoms with Gasteiger partial charge < -0.3 is 20.4 Å². The van der Waals surface area contributed by atoms with E-state index in [0.29, 0.717) is 22.4 Å². The van der Waals surface area contributed by atoms with Gasteiger partial charge in [0.1, 0.15) is 0 Å². The lowest BCUT2D eigenvalue weighted by molar-refractivity contribution is -0.384. The summed E-state index contributed by atoms with van der Waals surface area (Å²) < 4.78 is 0. The van der Waals surface area contributed by atoms with E-state index < -0.39 is 4.92 Å². The van der Waals surface area contributed by atoms with Gasteiger partial charge in [0.15, 0.2) is 23.0 Å². The molecule has 0 unspecified atom stereocenters. The number of aromatic hydroxyl groups is 4. The van der Waals surface area contributed by atoms with E-state index in [1.54, 1.807) is 6.07 Å². The van der Waals surface area contributed by atoms with Crippen molar-refractivity contribution in [2.45, 2.75) is 0 Å². The fraction of sp³-hybridized carbons (Fsp3) is 0. The zero-order chi connectivity index (χ0) is 19.3. The molecule has 1 aliphatic rings. The maximum Gasteiger partial charge on any atom is 0.269 e. The van der Waals surface area contributed by atoms with Crippen LogP contribution in [0.15, 0.2) is 53.5 Å². The lowest BCUT2D eigenvalue weighted by atomic mass is 10.0. The van der Waals surface area contributed by atoms with Gasteiger partial charge in [0.05, 0.1) is 21.9 Å². The Morgan fingerprint density at radius 2 is 1.41 bits per heavy atom. The number of hydrogen-bond acceptors (Lipinski definition) is 7. The number of rotatable bonds is 2. The summed E-state index contributed by atoms with van der Waals surface area (Å²) in [5.41, 5.74) is 2.29. The van der Waals surface area contributed by atoms with E-state index in [1.165, 1.54) is 42.5 Å². The van der Waals surface area contributed by atoms with Crippen LogP contribution in [0.3, 0.4) is 0 Å². The fourth-order valence-corrected chi connectivity index (χ4v) is 3.07. The van der Waals surface area contributed by atoms with E-state index in [-0.39, 0.29) is 40.0 Å². The lowest BCUT2D eigenvalue weighted by Crippen LogP contribution is -1.98. The zero-order valence-corrected chi connectivity index (χ0v) is 13.6. The highest BCUT2D eigenvalue weighted by atomic mass is 16.6. The minimum absolute atomic E-state index is 0.0887. The van der Waals surface area contributed by atoms with Crippen LogP contribution in [0.4, 0.5) is 11.4 Å². The molecular weight excluding hydrogens is 352 g/mol. The molecule has 4 rings (SSSR count). The van der Waals surface area contributed by atoms with E-state index in [1.807, 2.05) is 0 Å². The van der Waals surface area contributed by atoms with E-state index in [2.05, 4.69) is 4.99 Å². The van der Waals surface area contributed by atoms with Crippen molar-refractivity contribution in [3.8, 4) is 34.1 Å². The molecule has 0 amide bonds. The average Bonchev–Trinajstić information content (AvgIpc) is 2.92. The van der Waals surface area contributed by atoms with Crippen LogP contribution in [0.25, 0.3) is 11.1 Å². The first-order valence-corrected chi connectivity index (χ1v) is 7.82. The van der Waals surface area contributed by atoms with Crippen LogP contribution in [-0.2, 0) is 0 Å². The second-order valence-electron chi connectivity index (χ2n) is 5.98. The number of nitro benzene ring substituents is 1. The summed E-state index contributed by atoms with van der Waals surface area (Å²) in [5, 5.41) is 50.7. The highest BCUT2D eigenvalue weighted by molar-refractivity contribution is 6.27. The molecule has 1 aliphatic carbocycles. The summed E-state index contributed by atoms with van der Waals surface area (Å²) in [6.45, 7) is 0. The first-order chi connectivity index (χ1) is 12.9. The molecule has 0 radical (unpaired) electrons. The molecule has 4 N–H and O–H groups in total. The molecule has 0 saturated carbocycles. The van der Waals surface area contributed by atoms with Gasteiger partial charge in [0.25, 0.3) is 5.69 Å². The van der Waals surface area contributed by atoms with Crippen molar-refractivity contribution in [2.75, 3.05) is 0 Å². The molecule has 0 atom stereocenters. The largest absolute Gasteiger partial charge is 0.504 e. The number of non-ortho nitro benzene ring substituents is 1. The third-order valence-electron chi connectivity index (χ3n) is 4.35. The normalized spacial score (nSPS) is 13.4. The first kappa shape index (κ1) is 16.4. The second kappa shape index (κ2) is 5.73. The van der Waals surface area contributed by atoms with Crippen molar-refractivity contribution in [1.82, 2.24) is 0 Å². The van der Waals surface area contributed by atoms with Crippen molar-refractivity contribution >= 4 is 17.1 Å². The van der Waals surface area contributed by atoms with E-state index in [0.717, 1.165) is 0 Å². The monoisotopic (exact) mass is 364 g/mol. The predicted molar refractivity (Wildman–Crippen MR) is 96.9 cm³/mol. The molecule has 8 heteroatoms. The van der Waals surface area contributed by atoms with Crippen molar-refractivity contribution < 1.29 is 25.3 Å². The summed E-state index contributed by atoms with van der Waals surface area (Å²) >= 11 is 0. The Balaban J connectivity index is 1.96. The van der Waals surface area contributed by atoms with Crippen molar-refractivity contribution in [1.29, 1.82) is 0 Å². The summed E-state index contributed by atoms with van der Waals surface area (Å²) in [4.78, 5) is 14.7. The Kier molecular flexibility index (Phi) is 3.48. The Labute approximate surface area is 152 Å². The summed E-state index contributed by atoms with van der Waals surface area (Å²) in [5.74, 6) is -1.42. The Bertz CT molecular complexity index is 1140. The number of phenolic OH excluding ortho intramolecular Hbond substituents is 4. The zero-order valence-electron chi connectivity index (χ0n) is 13.6. The van der Waals surface area contributed by atoms with Gasteiger partial charge in [0, 0.05) is 17.7 Å². The molecule has 0 aliphatic heterocycles. The Morgan fingerprint density at radius 1 is 0.778 bits per heavy atom. The molecular formula is C19H12N2O6. The van der Waals surface area contributed by atoms with Crippen molar-refractivity contribution in [2.24, 2.45) is 4.99 Å². The standard InChI is InChI=1S/C19H12N2O6/c22-14-6-5-11-12-7-15(23)16(24)8-13(12)18(17(11)19(14)25)20-9-1-3-10(4-2-9)21(26)27/h1-8,22-25H. The summed E-state index contributed by atoms with van der Waals surface area (Å²) in [7, 11) is 0. The van der Waals surface area contributed by atoms with Gasteiger partial charge in [-0.15, -0.1) is 0 Å². The van der Waals surface area contributed by atoms with Gasteiger partial charge in [-0.25, -0.2) is 4.99 Å². The fourth-order valence-electron chi connectivity index (χ4n) is 3.07. The number of aliphatic imine (C=N–C) groups is 1. The summed E-state index contributed by atoms with van der Waals surface area (Å²) in [6.07, 6.45) is 0. The van der Waals surface area contributed by atoms with E-state index in [4.69, 9.17) is 0 Å². The van der Waals surface area contributed by atoms with Gasteiger partial charge in [-0.2, -0.15) is 0 Å². The topological polar surface area (TPSA) is 136 Å². The molecule has 27 heavy (non-hydrogen) atoms. The molecule has 3 aromatic carbocycles. The van der Waals surface area contributed by atoms with Crippen LogP contribution in [-0.4, -0.2) is 31.1 Å². The number of nitro groups is 1. The quantitative estimate of drug-likeness (QED) is 0.244. The van der Waals surface area contributed by atoms with Crippen LogP contribution < -0.4 is 0 Å². The maximum atomic E-state index is 10.8. The highest BCUT2D eigenvalue weighted by Crippen LogP contribution is 2.48. The van der Waals surface area contributed by atoms with Gasteiger partial charge >= 0.3 is 0 Å². The molecule has 8 nitrogen and oxygen atoms in total. The van der Waals surface area contributed by atoms with E-state index >= 15 is 0 Å². The molecule has 134 valence electrons. The van der Waals surface area contributed by atoms with Crippen LogP contribution in [0.2, 0.25) is 0 Å². The van der Waals surface area contributed by atoms with Crippen LogP contribution >= 0.6 is 0 Å². The van der Waals surface area contributed by atoms with Crippen LogP contribution in [0.5, 0.6) is 23.0 Å². The van der Waals surface area contributed by atoms with Gasteiger partial charge in [-0.05, 0) is 47.5 Å². The maximum absolute atomic E-state index is 10.8. The van der Waals surface area contributed by atoms with Crippen LogP contribution in [0.1, 0.15) is 11.1 Å². The number of nitrogens with zero attached hydrogens (tertiary/aromatic N) is 2. The number of phenols is 4. The average molecular weight is 364 g/mol. The molecule has 0 aromatic heterocycles. The van der Waals surface area contributed by atoms with E-state index in [9.17, 15) is 30.5 Å². The third kappa shape index (κ3) is 2.51. The Morgan fingerprint density at radius 3 is 2.04 bits per heavy atom. The minimum atomic E-state index is -0.526. The number of fused-ring (bicyclic) bond motifs is 3. The molecule has 0 heterocycles. The van der Waals surface area contributed by atoms with Crippen molar-refractivity contribution in [3.63, 3.8) is 0 Å². The number of benzene rings is 3. The lowest BCUT2D eigenvalue weighted by Gasteiger charge is -2.06. The molecule has 0 saturated heterocycles. The predicted octanol–water partition coefficient (Wildman–Crippen LogP) is 3.57. The molecule has 0 fully saturated rings. The first-order valence-electron chi connectivity index (χ1n) is 7.82. The SMILES string of the molecule is O=[N+]([O-])c1ccc(N=C2c3cc(O)c(O)cc3-c3ccc(O)c(O)c32)cc1. The summed E-state index contributed by atoms with van der Waals surface area (Å²) in [6, 6.07) is 11.0. The van der Waals surface area contributed by atoms with Crippen molar-refractivity contribution in [3.05, 3.63) is 69.8 Å². The number of hydrogen-bond donors (Lipinski definition) is 4. The smallest absolute Gasteiger partial charge is 0.269 e. The van der Waals surface area contributed by atoms with Crippen LogP contribution in [0, 0.1) is 10.1 Å². The van der Waals surface area contributed by atoms with Gasteiger partial charge in [-0.3, -0.25) is 10.1 Å². The molecule has 0 spiro atoms. The third-order valence-corrected chi connectivity index (χ3v) is 4.35. The Hall–Kier alpha value is -4.07. The molecule has 0 bridgehead atoms. The second-order valence-corrected chi connectivity index (χ2v) is 5.98.